The van der Waals surface area contributed by atoms with Gasteiger partial charge in [0.15, 0.2) is 0 Å². The van der Waals surface area contributed by atoms with E-state index in [4.69, 9.17) is 5.21 Å². The number of aryl methyl sites for hydroxylation is 1. The maximum absolute atomic E-state index is 12.2. The molecule has 0 saturated carbocycles. The van der Waals surface area contributed by atoms with E-state index < -0.39 is 5.91 Å². The summed E-state index contributed by atoms with van der Waals surface area (Å²) in [5.74, 6) is -0.859. The Morgan fingerprint density at radius 1 is 1.09 bits per heavy atom. The Morgan fingerprint density at radius 3 is 2.59 bits per heavy atom. The summed E-state index contributed by atoms with van der Waals surface area (Å²) in [5, 5.41) is 11.2. The van der Waals surface area contributed by atoms with E-state index >= 15 is 0 Å². The summed E-state index contributed by atoms with van der Waals surface area (Å²) in [6.45, 7) is 1.95. The predicted octanol–water partition coefficient (Wildman–Crippen LogP) is 2.77. The van der Waals surface area contributed by atoms with Gasteiger partial charge in [-0.25, -0.2) is 5.48 Å². The molecule has 0 atom stereocenters. The first-order valence-corrected chi connectivity index (χ1v) is 6.69. The van der Waals surface area contributed by atoms with Crippen molar-refractivity contribution in [1.82, 2.24) is 5.48 Å². The first-order chi connectivity index (χ1) is 10.6. The van der Waals surface area contributed by atoms with Crippen LogP contribution in [-0.2, 0) is 4.79 Å². The number of hydrogen-bond donors (Lipinski definition) is 3. The zero-order valence-corrected chi connectivity index (χ0v) is 12.0. The second-order valence-electron chi connectivity index (χ2n) is 4.76. The lowest BCUT2D eigenvalue weighted by Gasteiger charge is -2.06. The lowest BCUT2D eigenvalue weighted by Crippen LogP contribution is -2.14. The van der Waals surface area contributed by atoms with Gasteiger partial charge in [0.05, 0.1) is 0 Å². The van der Waals surface area contributed by atoms with Crippen LogP contribution in [0.25, 0.3) is 6.08 Å². The molecule has 0 aliphatic heterocycles. The topological polar surface area (TPSA) is 78.4 Å². The van der Waals surface area contributed by atoms with Crippen molar-refractivity contribution in [3.63, 3.8) is 0 Å². The van der Waals surface area contributed by atoms with Gasteiger partial charge in [0.25, 0.3) is 11.8 Å². The number of benzene rings is 2. The van der Waals surface area contributed by atoms with Crippen molar-refractivity contribution in [1.29, 1.82) is 0 Å². The maximum atomic E-state index is 12.2. The molecule has 0 heterocycles. The van der Waals surface area contributed by atoms with E-state index in [-0.39, 0.29) is 5.91 Å². The Labute approximate surface area is 128 Å². The van der Waals surface area contributed by atoms with Gasteiger partial charge in [0.2, 0.25) is 0 Å². The number of anilines is 1. The molecule has 0 aliphatic carbocycles. The molecule has 2 amide bonds. The van der Waals surface area contributed by atoms with Crippen LogP contribution in [0.15, 0.2) is 54.6 Å². The highest BCUT2D eigenvalue weighted by Crippen LogP contribution is 2.13. The number of carbonyl (C=O) groups excluding carboxylic acids is 2. The first kappa shape index (κ1) is 15.5. The van der Waals surface area contributed by atoms with Gasteiger partial charge in [-0.3, -0.25) is 14.8 Å². The third-order valence-electron chi connectivity index (χ3n) is 2.96. The van der Waals surface area contributed by atoms with Crippen molar-refractivity contribution >= 4 is 23.6 Å². The maximum Gasteiger partial charge on any atom is 0.267 e. The molecule has 0 fully saturated rings. The van der Waals surface area contributed by atoms with Crippen LogP contribution in [0.3, 0.4) is 0 Å². The zero-order chi connectivity index (χ0) is 15.9. The Bertz CT molecular complexity index is 723. The average molecular weight is 296 g/mol. The van der Waals surface area contributed by atoms with Crippen LogP contribution in [0.5, 0.6) is 0 Å². The molecule has 0 saturated heterocycles. The molecular formula is C17H16N2O3. The van der Waals surface area contributed by atoms with Crippen molar-refractivity contribution < 1.29 is 14.8 Å². The van der Waals surface area contributed by atoms with Crippen LogP contribution in [0, 0.1) is 6.92 Å². The van der Waals surface area contributed by atoms with Gasteiger partial charge in [-0.2, -0.15) is 0 Å². The second kappa shape index (κ2) is 7.19. The van der Waals surface area contributed by atoms with Crippen LogP contribution in [0.1, 0.15) is 21.5 Å². The lowest BCUT2D eigenvalue weighted by atomic mass is 10.1. The molecule has 3 N–H and O–H groups in total. The van der Waals surface area contributed by atoms with E-state index in [2.05, 4.69) is 5.32 Å². The van der Waals surface area contributed by atoms with E-state index in [1.54, 1.807) is 24.3 Å². The quantitative estimate of drug-likeness (QED) is 0.461. The predicted molar refractivity (Wildman–Crippen MR) is 84.5 cm³/mol. The fourth-order valence-electron chi connectivity index (χ4n) is 1.92. The Kier molecular flexibility index (Phi) is 5.06. The van der Waals surface area contributed by atoms with E-state index in [0.29, 0.717) is 11.1 Å². The molecule has 0 unspecified atom stereocenters. The standard InChI is InChI=1S/C17H16N2O3/c1-12-4-2-7-15(10-12)18-17(21)14-6-3-5-13(11-14)8-9-16(20)19-22/h2-11,22H,1H3,(H,18,21)(H,19,20). The number of rotatable bonds is 4. The SMILES string of the molecule is Cc1cccc(NC(=O)c2cccc(C=CC(=O)NO)c2)c1. The van der Waals surface area contributed by atoms with Crippen LogP contribution in [0.2, 0.25) is 0 Å². The molecule has 2 aromatic carbocycles. The normalized spacial score (nSPS) is 10.5. The highest BCUT2D eigenvalue weighted by atomic mass is 16.5. The Balaban J connectivity index is 2.13. The summed E-state index contributed by atoms with van der Waals surface area (Å²) in [6.07, 6.45) is 2.69. The van der Waals surface area contributed by atoms with Gasteiger partial charge < -0.3 is 5.32 Å². The number of carbonyl (C=O) groups is 2. The minimum absolute atomic E-state index is 0.229. The summed E-state index contributed by atoms with van der Waals surface area (Å²) in [6, 6.07) is 14.4. The fraction of sp³-hybridized carbons (Fsp3) is 0.0588. The molecule has 0 radical (unpaired) electrons. The van der Waals surface area contributed by atoms with Crippen LogP contribution >= 0.6 is 0 Å². The van der Waals surface area contributed by atoms with Gasteiger partial charge in [-0.05, 0) is 48.4 Å². The Morgan fingerprint density at radius 2 is 1.86 bits per heavy atom. The van der Waals surface area contributed by atoms with Crippen molar-refractivity contribution in [3.8, 4) is 0 Å². The third-order valence-corrected chi connectivity index (χ3v) is 2.96. The molecule has 0 aromatic heterocycles. The number of amides is 2. The van der Waals surface area contributed by atoms with Gasteiger partial charge >= 0.3 is 0 Å². The lowest BCUT2D eigenvalue weighted by molar-refractivity contribution is -0.124. The van der Waals surface area contributed by atoms with Crippen molar-refractivity contribution in [2.45, 2.75) is 6.92 Å². The molecule has 22 heavy (non-hydrogen) atoms. The van der Waals surface area contributed by atoms with Crippen molar-refractivity contribution in [3.05, 3.63) is 71.3 Å². The van der Waals surface area contributed by atoms with E-state index in [0.717, 1.165) is 11.3 Å². The molecule has 112 valence electrons. The zero-order valence-electron chi connectivity index (χ0n) is 12.0. The number of nitrogens with one attached hydrogen (secondary N) is 2. The van der Waals surface area contributed by atoms with Crippen molar-refractivity contribution in [2.24, 2.45) is 0 Å². The van der Waals surface area contributed by atoms with Gasteiger partial charge in [0, 0.05) is 17.3 Å². The number of hydroxylamine groups is 1. The third kappa shape index (κ3) is 4.29. The molecule has 0 bridgehead atoms. The summed E-state index contributed by atoms with van der Waals surface area (Å²) in [4.78, 5) is 23.2. The van der Waals surface area contributed by atoms with Gasteiger partial charge in [0.1, 0.15) is 0 Å². The minimum Gasteiger partial charge on any atom is -0.322 e. The second-order valence-corrected chi connectivity index (χ2v) is 4.76. The average Bonchev–Trinajstić information content (AvgIpc) is 2.53. The minimum atomic E-state index is -0.630. The smallest absolute Gasteiger partial charge is 0.267 e. The van der Waals surface area contributed by atoms with E-state index in [9.17, 15) is 9.59 Å². The molecule has 5 heteroatoms. The summed E-state index contributed by atoms with van der Waals surface area (Å²) in [5.41, 5.74) is 4.45. The fourth-order valence-corrected chi connectivity index (χ4v) is 1.92. The van der Waals surface area contributed by atoms with E-state index in [1.807, 2.05) is 31.2 Å². The Hall–Kier alpha value is -2.92. The van der Waals surface area contributed by atoms with Gasteiger partial charge in [-0.1, -0.05) is 24.3 Å². The molecule has 2 rings (SSSR count). The largest absolute Gasteiger partial charge is 0.322 e. The van der Waals surface area contributed by atoms with E-state index in [1.165, 1.54) is 17.6 Å². The summed E-state index contributed by atoms with van der Waals surface area (Å²) in [7, 11) is 0. The molecule has 0 aliphatic rings. The molecule has 2 aromatic rings. The van der Waals surface area contributed by atoms with Crippen LogP contribution in [-0.4, -0.2) is 17.0 Å². The van der Waals surface area contributed by atoms with Crippen molar-refractivity contribution in [2.75, 3.05) is 5.32 Å². The monoisotopic (exact) mass is 296 g/mol. The summed E-state index contributed by atoms with van der Waals surface area (Å²) >= 11 is 0. The van der Waals surface area contributed by atoms with Crippen LogP contribution < -0.4 is 10.8 Å². The molecule has 0 spiro atoms. The highest BCUT2D eigenvalue weighted by Gasteiger charge is 2.06. The number of hydrogen-bond acceptors (Lipinski definition) is 3. The van der Waals surface area contributed by atoms with Crippen LogP contribution in [0.4, 0.5) is 5.69 Å². The first-order valence-electron chi connectivity index (χ1n) is 6.69. The highest BCUT2D eigenvalue weighted by molar-refractivity contribution is 6.04. The van der Waals surface area contributed by atoms with Gasteiger partial charge in [-0.15, -0.1) is 0 Å². The molecule has 5 nitrogen and oxygen atoms in total. The molecular weight excluding hydrogens is 280 g/mol. The summed E-state index contributed by atoms with van der Waals surface area (Å²) < 4.78 is 0.